The summed E-state index contributed by atoms with van der Waals surface area (Å²) in [5.74, 6) is 1.28. The van der Waals surface area contributed by atoms with Crippen molar-refractivity contribution in [3.63, 3.8) is 0 Å². The van der Waals surface area contributed by atoms with Crippen molar-refractivity contribution < 1.29 is 9.94 Å². The lowest BCUT2D eigenvalue weighted by Gasteiger charge is -2.08. The zero-order valence-corrected chi connectivity index (χ0v) is 10.8. The Morgan fingerprint density at radius 3 is 2.47 bits per heavy atom. The largest absolute Gasteiger partial charge is 0.457 e. The summed E-state index contributed by atoms with van der Waals surface area (Å²) >= 11 is 0. The molecule has 5 nitrogen and oxygen atoms in total. The number of ether oxygens (including phenoxy) is 1. The standard InChI is InChI=1S/C14H15N3O2/c1-9-5-10(2)7-12(6-9)19-11-3-4-16-13(8-11)14(15)17-18/h3-8,18H,1-2H3,(H2,15,17). The van der Waals surface area contributed by atoms with Crippen LogP contribution in [0.5, 0.6) is 11.5 Å². The molecule has 0 aliphatic carbocycles. The highest BCUT2D eigenvalue weighted by Gasteiger charge is 2.04. The van der Waals surface area contributed by atoms with E-state index in [-0.39, 0.29) is 5.84 Å². The summed E-state index contributed by atoms with van der Waals surface area (Å²) in [5, 5.41) is 11.5. The monoisotopic (exact) mass is 257 g/mol. The van der Waals surface area contributed by atoms with E-state index in [2.05, 4.69) is 16.2 Å². The first-order valence-electron chi connectivity index (χ1n) is 5.78. The van der Waals surface area contributed by atoms with Crippen LogP contribution in [0.4, 0.5) is 0 Å². The zero-order valence-electron chi connectivity index (χ0n) is 10.8. The normalized spacial score (nSPS) is 11.4. The number of nitrogens with two attached hydrogens (primary N) is 1. The molecule has 2 aromatic rings. The predicted octanol–water partition coefficient (Wildman–Crippen LogP) is 2.59. The van der Waals surface area contributed by atoms with Gasteiger partial charge in [-0.25, -0.2) is 0 Å². The molecule has 0 aliphatic heterocycles. The van der Waals surface area contributed by atoms with Crippen LogP contribution in [0.25, 0.3) is 0 Å². The number of pyridine rings is 1. The lowest BCUT2D eigenvalue weighted by Crippen LogP contribution is -2.14. The van der Waals surface area contributed by atoms with E-state index in [0.29, 0.717) is 11.4 Å². The second-order valence-electron chi connectivity index (χ2n) is 4.29. The van der Waals surface area contributed by atoms with E-state index in [1.165, 1.54) is 0 Å². The molecule has 1 aromatic carbocycles. The Bertz CT molecular complexity index is 604. The second kappa shape index (κ2) is 5.39. The molecule has 0 fully saturated rings. The average Bonchev–Trinajstić information content (AvgIpc) is 2.37. The van der Waals surface area contributed by atoms with Crippen LogP contribution < -0.4 is 10.5 Å². The average molecular weight is 257 g/mol. The summed E-state index contributed by atoms with van der Waals surface area (Å²) < 4.78 is 5.74. The molecule has 3 N–H and O–H groups in total. The Hall–Kier alpha value is -2.56. The van der Waals surface area contributed by atoms with Crippen molar-refractivity contribution >= 4 is 5.84 Å². The van der Waals surface area contributed by atoms with E-state index in [4.69, 9.17) is 15.7 Å². The fraction of sp³-hybridized carbons (Fsp3) is 0.143. The first kappa shape index (κ1) is 12.9. The fourth-order valence-corrected chi connectivity index (χ4v) is 1.79. The summed E-state index contributed by atoms with van der Waals surface area (Å²) in [6.45, 7) is 4.02. The van der Waals surface area contributed by atoms with Crippen molar-refractivity contribution in [2.45, 2.75) is 13.8 Å². The minimum Gasteiger partial charge on any atom is -0.457 e. The molecule has 0 saturated heterocycles. The third kappa shape index (κ3) is 3.22. The number of amidine groups is 1. The molecule has 19 heavy (non-hydrogen) atoms. The minimum atomic E-state index is -0.0501. The Labute approximate surface area is 111 Å². The van der Waals surface area contributed by atoms with Crippen LogP contribution in [0.1, 0.15) is 16.8 Å². The van der Waals surface area contributed by atoms with Gasteiger partial charge in [0.15, 0.2) is 5.84 Å². The number of benzene rings is 1. The van der Waals surface area contributed by atoms with Crippen LogP contribution in [0, 0.1) is 13.8 Å². The Kier molecular flexibility index (Phi) is 3.66. The SMILES string of the molecule is Cc1cc(C)cc(Oc2ccnc(C(N)=NO)c2)c1. The van der Waals surface area contributed by atoms with Gasteiger partial charge in [-0.05, 0) is 43.2 Å². The maximum atomic E-state index is 8.62. The third-order valence-electron chi connectivity index (χ3n) is 2.53. The van der Waals surface area contributed by atoms with Gasteiger partial charge in [0.2, 0.25) is 0 Å². The first-order chi connectivity index (χ1) is 9.08. The summed E-state index contributed by atoms with van der Waals surface area (Å²) in [5.41, 5.74) is 8.10. The number of aryl methyl sites for hydroxylation is 2. The van der Waals surface area contributed by atoms with Crippen LogP contribution in [-0.2, 0) is 0 Å². The zero-order chi connectivity index (χ0) is 13.8. The Balaban J connectivity index is 2.28. The van der Waals surface area contributed by atoms with E-state index in [9.17, 15) is 0 Å². The lowest BCUT2D eigenvalue weighted by molar-refractivity contribution is 0.318. The Morgan fingerprint density at radius 1 is 1.16 bits per heavy atom. The van der Waals surface area contributed by atoms with Crippen molar-refractivity contribution in [3.05, 3.63) is 53.3 Å². The van der Waals surface area contributed by atoms with E-state index in [1.807, 2.05) is 26.0 Å². The molecule has 0 saturated carbocycles. The van der Waals surface area contributed by atoms with Crippen molar-refractivity contribution in [1.82, 2.24) is 4.98 Å². The van der Waals surface area contributed by atoms with Crippen LogP contribution in [0.3, 0.4) is 0 Å². The van der Waals surface area contributed by atoms with E-state index in [0.717, 1.165) is 16.9 Å². The van der Waals surface area contributed by atoms with Crippen LogP contribution in [0.2, 0.25) is 0 Å². The second-order valence-corrected chi connectivity index (χ2v) is 4.29. The van der Waals surface area contributed by atoms with Crippen LogP contribution in [0.15, 0.2) is 41.7 Å². The molecule has 1 aromatic heterocycles. The van der Waals surface area contributed by atoms with E-state index < -0.39 is 0 Å². The van der Waals surface area contributed by atoms with Gasteiger partial charge in [-0.2, -0.15) is 0 Å². The Morgan fingerprint density at radius 2 is 1.84 bits per heavy atom. The minimum absolute atomic E-state index is 0.0501. The van der Waals surface area contributed by atoms with E-state index in [1.54, 1.807) is 18.3 Å². The maximum Gasteiger partial charge on any atom is 0.188 e. The van der Waals surface area contributed by atoms with Crippen LogP contribution in [-0.4, -0.2) is 16.0 Å². The first-order valence-corrected chi connectivity index (χ1v) is 5.78. The molecule has 0 amide bonds. The summed E-state index contributed by atoms with van der Waals surface area (Å²) in [7, 11) is 0. The van der Waals surface area contributed by atoms with Gasteiger partial charge >= 0.3 is 0 Å². The highest BCUT2D eigenvalue weighted by Crippen LogP contribution is 2.23. The molecule has 2 rings (SSSR count). The van der Waals surface area contributed by atoms with Gasteiger partial charge in [-0.3, -0.25) is 4.98 Å². The van der Waals surface area contributed by atoms with Crippen molar-refractivity contribution in [1.29, 1.82) is 0 Å². The maximum absolute atomic E-state index is 8.62. The van der Waals surface area contributed by atoms with E-state index >= 15 is 0 Å². The van der Waals surface area contributed by atoms with Crippen molar-refractivity contribution in [3.8, 4) is 11.5 Å². The van der Waals surface area contributed by atoms with Crippen molar-refractivity contribution in [2.24, 2.45) is 10.9 Å². The van der Waals surface area contributed by atoms with Crippen LogP contribution >= 0.6 is 0 Å². The van der Waals surface area contributed by atoms with Crippen molar-refractivity contribution in [2.75, 3.05) is 0 Å². The number of hydrogen-bond acceptors (Lipinski definition) is 4. The smallest absolute Gasteiger partial charge is 0.188 e. The van der Waals surface area contributed by atoms with Gasteiger partial charge in [0.05, 0.1) is 0 Å². The molecule has 0 unspecified atom stereocenters. The van der Waals surface area contributed by atoms with Gasteiger partial charge in [-0.15, -0.1) is 0 Å². The molecule has 0 atom stereocenters. The summed E-state index contributed by atoms with van der Waals surface area (Å²) in [6.07, 6.45) is 1.55. The number of rotatable bonds is 3. The molecule has 0 bridgehead atoms. The molecule has 0 spiro atoms. The number of aromatic nitrogens is 1. The highest BCUT2D eigenvalue weighted by molar-refractivity contribution is 5.95. The molecule has 98 valence electrons. The van der Waals surface area contributed by atoms with Gasteiger partial charge in [0.1, 0.15) is 17.2 Å². The predicted molar refractivity (Wildman–Crippen MR) is 72.7 cm³/mol. The topological polar surface area (TPSA) is 80.7 Å². The molecule has 0 aliphatic rings. The summed E-state index contributed by atoms with van der Waals surface area (Å²) in [4.78, 5) is 3.99. The fourth-order valence-electron chi connectivity index (χ4n) is 1.79. The molecular formula is C14H15N3O2. The quantitative estimate of drug-likeness (QED) is 0.383. The molecule has 0 radical (unpaired) electrons. The molecule has 1 heterocycles. The third-order valence-corrected chi connectivity index (χ3v) is 2.53. The molecular weight excluding hydrogens is 242 g/mol. The highest BCUT2D eigenvalue weighted by atomic mass is 16.5. The number of hydrogen-bond donors (Lipinski definition) is 2. The van der Waals surface area contributed by atoms with Gasteiger partial charge in [-0.1, -0.05) is 11.2 Å². The summed E-state index contributed by atoms with van der Waals surface area (Å²) in [6, 6.07) is 9.28. The lowest BCUT2D eigenvalue weighted by atomic mass is 10.1. The van der Waals surface area contributed by atoms with Gasteiger partial charge < -0.3 is 15.7 Å². The number of nitrogens with zero attached hydrogens (tertiary/aromatic N) is 2. The number of oxime groups is 1. The van der Waals surface area contributed by atoms with Gasteiger partial charge in [0.25, 0.3) is 0 Å². The van der Waals surface area contributed by atoms with Gasteiger partial charge in [0, 0.05) is 12.3 Å². The molecule has 5 heteroatoms.